The highest BCUT2D eigenvalue weighted by Crippen LogP contribution is 2.24. The zero-order valence-corrected chi connectivity index (χ0v) is 12.4. The van der Waals surface area contributed by atoms with E-state index in [1.54, 1.807) is 0 Å². The minimum atomic E-state index is 0.0683. The molecule has 4 heteroatoms. The number of carbonyl (C=O) groups is 1. The fraction of sp³-hybridized carbons (Fsp3) is 0.462. The van der Waals surface area contributed by atoms with Crippen LogP contribution in [-0.2, 0) is 13.1 Å². The summed E-state index contributed by atoms with van der Waals surface area (Å²) in [6.45, 7) is 8.10. The third kappa shape index (κ3) is 2.63. The van der Waals surface area contributed by atoms with Gasteiger partial charge in [0.2, 0.25) is 0 Å². The van der Waals surface area contributed by atoms with Gasteiger partial charge in [0, 0.05) is 16.7 Å². The van der Waals surface area contributed by atoms with Crippen LogP contribution in [0.1, 0.15) is 35.3 Å². The molecule has 0 spiro atoms. The summed E-state index contributed by atoms with van der Waals surface area (Å²) < 4.78 is 1.07. The lowest BCUT2D eigenvalue weighted by atomic mass is 10.1. The SMILES string of the molecule is CCN(CC)Cc1cc(I)c2c(c1)CNC2=O. The molecule has 0 aromatic heterocycles. The molecule has 0 unspecified atom stereocenters. The van der Waals surface area contributed by atoms with Gasteiger partial charge in [-0.15, -0.1) is 0 Å². The van der Waals surface area contributed by atoms with Gasteiger partial charge in [-0.05, 0) is 52.9 Å². The quantitative estimate of drug-likeness (QED) is 0.851. The maximum atomic E-state index is 11.6. The molecule has 17 heavy (non-hydrogen) atoms. The smallest absolute Gasteiger partial charge is 0.252 e. The van der Waals surface area contributed by atoms with Gasteiger partial charge in [-0.1, -0.05) is 19.9 Å². The van der Waals surface area contributed by atoms with Crippen LogP contribution >= 0.6 is 22.6 Å². The molecule has 2 rings (SSSR count). The number of benzene rings is 1. The Morgan fingerprint density at radius 2 is 2.06 bits per heavy atom. The lowest BCUT2D eigenvalue weighted by Gasteiger charge is -2.18. The Bertz CT molecular complexity index is 441. The van der Waals surface area contributed by atoms with Crippen molar-refractivity contribution in [3.05, 3.63) is 32.4 Å². The molecule has 1 amide bonds. The number of fused-ring (bicyclic) bond motifs is 1. The van der Waals surface area contributed by atoms with E-state index in [2.05, 4.69) is 58.8 Å². The summed E-state index contributed by atoms with van der Waals surface area (Å²) in [5, 5.41) is 2.88. The van der Waals surface area contributed by atoms with E-state index >= 15 is 0 Å². The molecule has 3 nitrogen and oxygen atoms in total. The van der Waals surface area contributed by atoms with Gasteiger partial charge in [0.15, 0.2) is 0 Å². The third-order valence-corrected chi connectivity index (χ3v) is 4.05. The molecule has 0 saturated carbocycles. The predicted molar refractivity (Wildman–Crippen MR) is 77.0 cm³/mol. The molecule has 1 N–H and O–H groups in total. The zero-order chi connectivity index (χ0) is 12.4. The molecule has 1 aromatic carbocycles. The fourth-order valence-electron chi connectivity index (χ4n) is 2.18. The lowest BCUT2D eigenvalue weighted by Crippen LogP contribution is -2.22. The maximum absolute atomic E-state index is 11.6. The first-order chi connectivity index (χ1) is 8.15. The van der Waals surface area contributed by atoms with Gasteiger partial charge in [-0.3, -0.25) is 9.69 Å². The molecule has 0 atom stereocenters. The minimum Gasteiger partial charge on any atom is -0.348 e. The predicted octanol–water partition coefficient (Wildman–Crippen LogP) is 2.38. The fourth-order valence-corrected chi connectivity index (χ4v) is 3.17. The molecule has 0 bridgehead atoms. The van der Waals surface area contributed by atoms with Crippen LogP contribution in [0.2, 0.25) is 0 Å². The number of rotatable bonds is 4. The monoisotopic (exact) mass is 344 g/mol. The molecule has 1 heterocycles. The second-order valence-electron chi connectivity index (χ2n) is 4.26. The molecule has 0 aliphatic carbocycles. The van der Waals surface area contributed by atoms with Gasteiger partial charge < -0.3 is 5.32 Å². The van der Waals surface area contributed by atoms with Gasteiger partial charge >= 0.3 is 0 Å². The van der Waals surface area contributed by atoms with Gasteiger partial charge in [0.05, 0.1) is 5.56 Å². The molecule has 1 aliphatic rings. The van der Waals surface area contributed by atoms with E-state index in [4.69, 9.17) is 0 Å². The van der Waals surface area contributed by atoms with Crippen LogP contribution < -0.4 is 5.32 Å². The highest BCUT2D eigenvalue weighted by Gasteiger charge is 2.22. The second kappa shape index (κ2) is 5.35. The number of carbonyl (C=O) groups excluding carboxylic acids is 1. The molecular weight excluding hydrogens is 327 g/mol. The third-order valence-electron chi connectivity index (χ3n) is 3.20. The summed E-state index contributed by atoms with van der Waals surface area (Å²) >= 11 is 2.26. The normalized spacial score (nSPS) is 14.0. The number of hydrogen-bond donors (Lipinski definition) is 1. The minimum absolute atomic E-state index is 0.0683. The Kier molecular flexibility index (Phi) is 4.04. The van der Waals surface area contributed by atoms with E-state index in [0.29, 0.717) is 6.54 Å². The van der Waals surface area contributed by atoms with Crippen LogP contribution in [0.5, 0.6) is 0 Å². The van der Waals surface area contributed by atoms with E-state index < -0.39 is 0 Å². The Balaban J connectivity index is 2.27. The Labute approximate surface area is 116 Å². The van der Waals surface area contributed by atoms with E-state index in [1.807, 2.05) is 0 Å². The summed E-state index contributed by atoms with van der Waals surface area (Å²) in [7, 11) is 0. The van der Waals surface area contributed by atoms with Gasteiger partial charge in [-0.2, -0.15) is 0 Å². The first-order valence-corrected chi connectivity index (χ1v) is 7.05. The Morgan fingerprint density at radius 1 is 1.35 bits per heavy atom. The van der Waals surface area contributed by atoms with Crippen molar-refractivity contribution in [2.75, 3.05) is 13.1 Å². The first kappa shape index (κ1) is 12.8. The van der Waals surface area contributed by atoms with E-state index in [1.165, 1.54) is 5.56 Å². The average Bonchev–Trinajstić information content (AvgIpc) is 2.68. The van der Waals surface area contributed by atoms with Crippen molar-refractivity contribution >= 4 is 28.5 Å². The molecule has 0 saturated heterocycles. The molecular formula is C13H17IN2O. The number of hydrogen-bond acceptors (Lipinski definition) is 2. The topological polar surface area (TPSA) is 32.3 Å². The summed E-state index contributed by atoms with van der Waals surface area (Å²) in [6.07, 6.45) is 0. The van der Waals surface area contributed by atoms with Gasteiger partial charge in [0.1, 0.15) is 0 Å². The van der Waals surface area contributed by atoms with Gasteiger partial charge in [0.25, 0.3) is 5.91 Å². The van der Waals surface area contributed by atoms with Crippen LogP contribution in [0, 0.1) is 3.57 Å². The molecule has 0 radical (unpaired) electrons. The summed E-state index contributed by atoms with van der Waals surface area (Å²) in [5.41, 5.74) is 3.31. The summed E-state index contributed by atoms with van der Waals surface area (Å²) in [4.78, 5) is 14.0. The number of nitrogens with zero attached hydrogens (tertiary/aromatic N) is 1. The van der Waals surface area contributed by atoms with Crippen molar-refractivity contribution < 1.29 is 4.79 Å². The van der Waals surface area contributed by atoms with Crippen molar-refractivity contribution in [1.82, 2.24) is 10.2 Å². The highest BCUT2D eigenvalue weighted by atomic mass is 127. The Morgan fingerprint density at radius 3 is 2.71 bits per heavy atom. The van der Waals surface area contributed by atoms with Crippen LogP contribution in [0.25, 0.3) is 0 Å². The summed E-state index contributed by atoms with van der Waals surface area (Å²) in [5.74, 6) is 0.0683. The highest BCUT2D eigenvalue weighted by molar-refractivity contribution is 14.1. The van der Waals surface area contributed by atoms with Crippen LogP contribution in [0.4, 0.5) is 0 Å². The molecule has 92 valence electrons. The van der Waals surface area contributed by atoms with E-state index in [-0.39, 0.29) is 5.91 Å². The van der Waals surface area contributed by atoms with Crippen LogP contribution in [0.3, 0.4) is 0 Å². The average molecular weight is 344 g/mol. The second-order valence-corrected chi connectivity index (χ2v) is 5.42. The number of nitrogens with one attached hydrogen (secondary N) is 1. The number of amides is 1. The van der Waals surface area contributed by atoms with E-state index in [9.17, 15) is 4.79 Å². The number of halogens is 1. The van der Waals surface area contributed by atoms with Crippen molar-refractivity contribution in [3.63, 3.8) is 0 Å². The standard InChI is InChI=1S/C13H17IN2O/c1-3-16(4-2)8-9-5-10-7-15-13(17)12(10)11(14)6-9/h5-6H,3-4,7-8H2,1-2H3,(H,15,17). The van der Waals surface area contributed by atoms with Gasteiger partial charge in [-0.25, -0.2) is 0 Å². The summed E-state index contributed by atoms with van der Waals surface area (Å²) in [6, 6.07) is 4.29. The first-order valence-electron chi connectivity index (χ1n) is 5.97. The Hall–Kier alpha value is -0.620. The lowest BCUT2D eigenvalue weighted by molar-refractivity contribution is 0.0965. The largest absolute Gasteiger partial charge is 0.348 e. The maximum Gasteiger partial charge on any atom is 0.252 e. The van der Waals surface area contributed by atoms with Crippen molar-refractivity contribution in [1.29, 1.82) is 0 Å². The van der Waals surface area contributed by atoms with Crippen molar-refractivity contribution in [2.24, 2.45) is 0 Å². The van der Waals surface area contributed by atoms with Crippen molar-refractivity contribution in [3.8, 4) is 0 Å². The molecule has 0 fully saturated rings. The van der Waals surface area contributed by atoms with Crippen LogP contribution in [0.15, 0.2) is 12.1 Å². The molecule has 1 aromatic rings. The zero-order valence-electron chi connectivity index (χ0n) is 10.2. The van der Waals surface area contributed by atoms with E-state index in [0.717, 1.165) is 34.3 Å². The van der Waals surface area contributed by atoms with Crippen molar-refractivity contribution in [2.45, 2.75) is 26.9 Å². The molecule has 1 aliphatic heterocycles. The van der Waals surface area contributed by atoms with Crippen LogP contribution in [-0.4, -0.2) is 23.9 Å².